The predicted molar refractivity (Wildman–Crippen MR) is 127 cm³/mol. The normalized spacial score (nSPS) is 14.8. The molecule has 1 heterocycles. The van der Waals surface area contributed by atoms with Crippen LogP contribution in [-0.2, 0) is 11.4 Å². The number of fused-ring (bicyclic) bond motifs is 2. The number of hydrogen-bond acceptors (Lipinski definition) is 5. The monoisotopic (exact) mass is 438 g/mol. The van der Waals surface area contributed by atoms with Gasteiger partial charge in [-0.15, -0.1) is 0 Å². The number of nitrogens with one attached hydrogen (secondary N) is 1. The third kappa shape index (κ3) is 4.96. The van der Waals surface area contributed by atoms with Gasteiger partial charge in [0.15, 0.2) is 11.5 Å². The Labute approximate surface area is 191 Å². The molecule has 1 aliphatic rings. The van der Waals surface area contributed by atoms with Crippen LogP contribution in [0, 0.1) is 0 Å². The number of benzene rings is 4. The molecule has 1 amide bonds. The Morgan fingerprint density at radius 1 is 0.939 bits per heavy atom. The van der Waals surface area contributed by atoms with Crippen molar-refractivity contribution in [2.75, 3.05) is 6.61 Å². The van der Waals surface area contributed by atoms with Crippen molar-refractivity contribution in [3.05, 3.63) is 102 Å². The van der Waals surface area contributed by atoms with Crippen LogP contribution in [0.5, 0.6) is 17.2 Å². The largest absolute Gasteiger partial charge is 0.489 e. The highest BCUT2D eigenvalue weighted by molar-refractivity contribution is 5.88. The van der Waals surface area contributed by atoms with E-state index in [1.165, 1.54) is 0 Å². The van der Waals surface area contributed by atoms with Crippen LogP contribution >= 0.6 is 0 Å². The summed E-state index contributed by atoms with van der Waals surface area (Å²) in [7, 11) is 0. The number of rotatable bonds is 6. The van der Waals surface area contributed by atoms with Crippen molar-refractivity contribution in [2.24, 2.45) is 5.10 Å². The standard InChI is InChI=1S/C27H22N2O4/c30-27(26-18-32-24-14-21-8-4-5-9-22(21)15-25(24)33-26)29-28-16-19-10-12-23(13-11-19)31-17-20-6-2-1-3-7-20/h1-16,26H,17-18H2,(H,29,30). The van der Waals surface area contributed by atoms with E-state index in [9.17, 15) is 4.79 Å². The van der Waals surface area contributed by atoms with Gasteiger partial charge in [-0.2, -0.15) is 5.10 Å². The summed E-state index contributed by atoms with van der Waals surface area (Å²) in [5.74, 6) is 1.58. The molecule has 1 unspecified atom stereocenters. The lowest BCUT2D eigenvalue weighted by Gasteiger charge is -2.25. The molecule has 1 aliphatic heterocycles. The van der Waals surface area contributed by atoms with Gasteiger partial charge in [-0.1, -0.05) is 54.6 Å². The van der Waals surface area contributed by atoms with Crippen LogP contribution in [0.3, 0.4) is 0 Å². The van der Waals surface area contributed by atoms with E-state index in [1.807, 2.05) is 91.0 Å². The molecule has 0 spiro atoms. The zero-order valence-corrected chi connectivity index (χ0v) is 17.8. The highest BCUT2D eigenvalue weighted by Gasteiger charge is 2.27. The number of ether oxygens (including phenoxy) is 3. The Bertz CT molecular complexity index is 1290. The number of hydrazone groups is 1. The summed E-state index contributed by atoms with van der Waals surface area (Å²) in [6.45, 7) is 0.632. The van der Waals surface area contributed by atoms with E-state index in [2.05, 4.69) is 10.5 Å². The van der Waals surface area contributed by atoms with Gasteiger partial charge in [-0.25, -0.2) is 5.43 Å². The second-order valence-corrected chi connectivity index (χ2v) is 7.64. The lowest BCUT2D eigenvalue weighted by Crippen LogP contribution is -2.42. The quantitative estimate of drug-likeness (QED) is 0.350. The molecular formula is C27H22N2O4. The molecule has 1 atom stereocenters. The van der Waals surface area contributed by atoms with Gasteiger partial charge >= 0.3 is 0 Å². The second-order valence-electron chi connectivity index (χ2n) is 7.64. The van der Waals surface area contributed by atoms with Crippen LogP contribution in [0.4, 0.5) is 0 Å². The summed E-state index contributed by atoms with van der Waals surface area (Å²) in [4.78, 5) is 12.5. The highest BCUT2D eigenvalue weighted by atomic mass is 16.6. The Hall–Kier alpha value is -4.32. The lowest BCUT2D eigenvalue weighted by atomic mass is 10.1. The molecule has 0 radical (unpaired) electrons. The van der Waals surface area contributed by atoms with Crippen LogP contribution < -0.4 is 19.6 Å². The van der Waals surface area contributed by atoms with E-state index in [-0.39, 0.29) is 12.5 Å². The fraction of sp³-hybridized carbons (Fsp3) is 0.111. The predicted octanol–water partition coefficient (Wildman–Crippen LogP) is 4.71. The topological polar surface area (TPSA) is 69.2 Å². The molecule has 0 aromatic heterocycles. The number of nitrogens with zero attached hydrogens (tertiary/aromatic N) is 1. The summed E-state index contributed by atoms with van der Waals surface area (Å²) < 4.78 is 17.4. The molecule has 4 aromatic rings. The molecule has 0 saturated heterocycles. The third-order valence-corrected chi connectivity index (χ3v) is 5.28. The van der Waals surface area contributed by atoms with Gasteiger partial charge in [0.2, 0.25) is 6.10 Å². The summed E-state index contributed by atoms with van der Waals surface area (Å²) in [5, 5.41) is 6.13. The number of amides is 1. The zero-order chi connectivity index (χ0) is 22.5. The van der Waals surface area contributed by atoms with Gasteiger partial charge in [-0.05, 0) is 58.3 Å². The van der Waals surface area contributed by atoms with E-state index in [4.69, 9.17) is 14.2 Å². The van der Waals surface area contributed by atoms with Gasteiger partial charge in [0, 0.05) is 0 Å². The van der Waals surface area contributed by atoms with Crippen molar-refractivity contribution in [3.8, 4) is 17.2 Å². The second kappa shape index (κ2) is 9.44. The molecule has 0 aliphatic carbocycles. The van der Waals surface area contributed by atoms with Gasteiger partial charge in [0.25, 0.3) is 5.91 Å². The first-order valence-corrected chi connectivity index (χ1v) is 10.7. The molecule has 6 nitrogen and oxygen atoms in total. The average Bonchev–Trinajstić information content (AvgIpc) is 2.87. The molecule has 0 bridgehead atoms. The van der Waals surface area contributed by atoms with Crippen LogP contribution in [0.25, 0.3) is 10.8 Å². The van der Waals surface area contributed by atoms with Gasteiger partial charge in [0.1, 0.15) is 19.0 Å². The number of carbonyl (C=O) groups excluding carboxylic acids is 1. The van der Waals surface area contributed by atoms with Crippen LogP contribution in [0.1, 0.15) is 11.1 Å². The highest BCUT2D eigenvalue weighted by Crippen LogP contribution is 2.35. The minimum atomic E-state index is -0.774. The fourth-order valence-corrected chi connectivity index (χ4v) is 3.52. The molecule has 0 fully saturated rings. The van der Waals surface area contributed by atoms with Gasteiger partial charge in [-0.3, -0.25) is 4.79 Å². The van der Waals surface area contributed by atoms with E-state index < -0.39 is 6.10 Å². The molecule has 6 heteroatoms. The molecular weight excluding hydrogens is 416 g/mol. The maximum Gasteiger partial charge on any atom is 0.284 e. The number of carbonyl (C=O) groups is 1. The van der Waals surface area contributed by atoms with E-state index >= 15 is 0 Å². The van der Waals surface area contributed by atoms with E-state index in [0.717, 1.165) is 27.6 Å². The third-order valence-electron chi connectivity index (χ3n) is 5.28. The summed E-state index contributed by atoms with van der Waals surface area (Å²) in [6.07, 6.45) is 0.800. The van der Waals surface area contributed by atoms with E-state index in [1.54, 1.807) is 6.21 Å². The van der Waals surface area contributed by atoms with Crippen LogP contribution in [-0.4, -0.2) is 24.8 Å². The molecule has 164 valence electrons. The molecule has 5 rings (SSSR count). The fourth-order valence-electron chi connectivity index (χ4n) is 3.52. The lowest BCUT2D eigenvalue weighted by molar-refractivity contribution is -0.130. The molecule has 1 N–H and O–H groups in total. The first-order chi connectivity index (χ1) is 16.2. The minimum Gasteiger partial charge on any atom is -0.489 e. The maximum atomic E-state index is 12.5. The molecule has 4 aromatic carbocycles. The van der Waals surface area contributed by atoms with Crippen molar-refractivity contribution in [3.63, 3.8) is 0 Å². The number of hydrogen-bond donors (Lipinski definition) is 1. The van der Waals surface area contributed by atoms with Crippen molar-refractivity contribution < 1.29 is 19.0 Å². The van der Waals surface area contributed by atoms with Crippen LogP contribution in [0.15, 0.2) is 96.1 Å². The first-order valence-electron chi connectivity index (χ1n) is 10.7. The summed E-state index contributed by atoms with van der Waals surface area (Å²) >= 11 is 0. The van der Waals surface area contributed by atoms with Crippen molar-refractivity contribution in [1.29, 1.82) is 0 Å². The Morgan fingerprint density at radius 3 is 2.39 bits per heavy atom. The average molecular weight is 438 g/mol. The molecule has 33 heavy (non-hydrogen) atoms. The maximum absolute atomic E-state index is 12.5. The minimum absolute atomic E-state index is 0.125. The van der Waals surface area contributed by atoms with Crippen molar-refractivity contribution in [2.45, 2.75) is 12.7 Å². The molecule has 0 saturated carbocycles. The Morgan fingerprint density at radius 2 is 1.64 bits per heavy atom. The summed E-state index contributed by atoms with van der Waals surface area (Å²) in [5.41, 5.74) is 4.46. The van der Waals surface area contributed by atoms with E-state index in [0.29, 0.717) is 18.1 Å². The van der Waals surface area contributed by atoms with Crippen LogP contribution in [0.2, 0.25) is 0 Å². The van der Waals surface area contributed by atoms with Crippen molar-refractivity contribution in [1.82, 2.24) is 5.43 Å². The Balaban J connectivity index is 1.15. The zero-order valence-electron chi connectivity index (χ0n) is 17.8. The van der Waals surface area contributed by atoms with Gasteiger partial charge < -0.3 is 14.2 Å². The Kier molecular flexibility index (Phi) is 5.89. The van der Waals surface area contributed by atoms with Crippen molar-refractivity contribution >= 4 is 22.9 Å². The summed E-state index contributed by atoms with van der Waals surface area (Å²) in [6, 6.07) is 29.2. The first kappa shape index (κ1) is 20.6. The SMILES string of the molecule is O=C(NN=Cc1ccc(OCc2ccccc2)cc1)C1COc2cc3ccccc3cc2O1. The van der Waals surface area contributed by atoms with Gasteiger partial charge in [0.05, 0.1) is 6.21 Å². The smallest absolute Gasteiger partial charge is 0.284 e.